The maximum atomic E-state index is 11.6. The van der Waals surface area contributed by atoms with Crippen LogP contribution in [0.5, 0.6) is 0 Å². The topological polar surface area (TPSA) is 74.6 Å². The molecule has 1 rings (SSSR count). The fraction of sp³-hybridized carbons (Fsp3) is 0.444. The second-order valence-electron chi connectivity index (χ2n) is 6.11. The molecule has 0 aliphatic heterocycles. The molecule has 22 heavy (non-hydrogen) atoms. The first-order valence-corrected chi connectivity index (χ1v) is 7.32. The summed E-state index contributed by atoms with van der Waals surface area (Å²) < 4.78 is 0. The Balaban J connectivity index is 3.06. The number of hydrogen-bond acceptors (Lipinski definition) is 3. The van der Waals surface area contributed by atoms with Crippen molar-refractivity contribution < 1.29 is 19.8 Å². The van der Waals surface area contributed by atoms with E-state index in [-0.39, 0.29) is 12.2 Å². The molecule has 0 spiro atoms. The Morgan fingerprint density at radius 2 is 1.91 bits per heavy atom. The van der Waals surface area contributed by atoms with Gasteiger partial charge in [0.2, 0.25) is 0 Å². The second kappa shape index (κ2) is 7.36. The number of rotatable bonds is 5. The SMILES string of the molecule is CC(=O)/C=C/C=C(C)/C=C/C1=C(C)CC(O)CC1(C)C(=O)O. The van der Waals surface area contributed by atoms with Crippen LogP contribution in [0.25, 0.3) is 0 Å². The molecule has 0 aromatic heterocycles. The number of ketones is 1. The van der Waals surface area contributed by atoms with E-state index in [1.807, 2.05) is 26.0 Å². The highest BCUT2D eigenvalue weighted by molar-refractivity contribution is 5.87. The number of aliphatic carboxylic acids is 1. The van der Waals surface area contributed by atoms with E-state index in [0.717, 1.165) is 16.7 Å². The first kappa shape index (κ1) is 18.1. The lowest BCUT2D eigenvalue weighted by molar-refractivity contribution is -0.147. The van der Waals surface area contributed by atoms with Crippen LogP contribution in [0.3, 0.4) is 0 Å². The van der Waals surface area contributed by atoms with Crippen molar-refractivity contribution in [3.63, 3.8) is 0 Å². The molecule has 0 bridgehead atoms. The van der Waals surface area contributed by atoms with E-state index in [0.29, 0.717) is 6.42 Å². The van der Waals surface area contributed by atoms with Gasteiger partial charge in [-0.25, -0.2) is 0 Å². The van der Waals surface area contributed by atoms with E-state index < -0.39 is 17.5 Å². The third kappa shape index (κ3) is 4.53. The minimum absolute atomic E-state index is 0.0219. The Kier molecular flexibility index (Phi) is 6.06. The Labute approximate surface area is 131 Å². The van der Waals surface area contributed by atoms with Gasteiger partial charge in [-0.05, 0) is 52.2 Å². The van der Waals surface area contributed by atoms with Gasteiger partial charge in [0.1, 0.15) is 0 Å². The maximum Gasteiger partial charge on any atom is 0.313 e. The summed E-state index contributed by atoms with van der Waals surface area (Å²) in [5, 5.41) is 19.4. The molecule has 0 fully saturated rings. The summed E-state index contributed by atoms with van der Waals surface area (Å²) >= 11 is 0. The van der Waals surface area contributed by atoms with Crippen molar-refractivity contribution in [1.82, 2.24) is 0 Å². The Bertz CT molecular complexity index is 578. The average Bonchev–Trinajstić information content (AvgIpc) is 2.36. The summed E-state index contributed by atoms with van der Waals surface area (Å²) in [6, 6.07) is 0. The summed E-state index contributed by atoms with van der Waals surface area (Å²) in [5.41, 5.74) is 1.48. The molecule has 1 aliphatic rings. The normalized spacial score (nSPS) is 27.0. The molecule has 0 heterocycles. The first-order chi connectivity index (χ1) is 10.2. The van der Waals surface area contributed by atoms with Gasteiger partial charge in [-0.3, -0.25) is 9.59 Å². The molecular weight excluding hydrogens is 280 g/mol. The Morgan fingerprint density at radius 1 is 1.27 bits per heavy atom. The highest BCUT2D eigenvalue weighted by atomic mass is 16.4. The number of hydrogen-bond donors (Lipinski definition) is 2. The van der Waals surface area contributed by atoms with Crippen molar-refractivity contribution in [3.05, 3.63) is 47.1 Å². The van der Waals surface area contributed by atoms with E-state index in [2.05, 4.69) is 0 Å². The molecule has 0 saturated carbocycles. The summed E-state index contributed by atoms with van der Waals surface area (Å²) in [7, 11) is 0. The molecule has 0 radical (unpaired) electrons. The smallest absolute Gasteiger partial charge is 0.313 e. The average molecular weight is 304 g/mol. The number of carboxylic acids is 1. The number of carbonyl (C=O) groups excluding carboxylic acids is 1. The summed E-state index contributed by atoms with van der Waals surface area (Å²) in [5.74, 6) is -0.949. The standard InChI is InChI=1S/C18H24O4/c1-12(6-5-7-14(3)19)8-9-16-13(2)10-15(20)11-18(16,4)17(21)22/h5-9,15,20H,10-11H2,1-4H3,(H,21,22)/b7-5+,9-8+,12-6+. The quantitative estimate of drug-likeness (QED) is 0.604. The van der Waals surface area contributed by atoms with E-state index in [1.165, 1.54) is 13.0 Å². The molecule has 0 aromatic carbocycles. The predicted molar refractivity (Wildman–Crippen MR) is 86.4 cm³/mol. The number of carbonyl (C=O) groups is 2. The van der Waals surface area contributed by atoms with Crippen LogP contribution in [0.1, 0.15) is 40.5 Å². The fourth-order valence-electron chi connectivity index (χ4n) is 2.72. The molecule has 0 aromatic rings. The van der Waals surface area contributed by atoms with Gasteiger partial charge in [-0.15, -0.1) is 0 Å². The van der Waals surface area contributed by atoms with Gasteiger partial charge in [-0.2, -0.15) is 0 Å². The van der Waals surface area contributed by atoms with Crippen molar-refractivity contribution >= 4 is 11.8 Å². The number of aliphatic hydroxyl groups excluding tert-OH is 1. The zero-order valence-corrected chi connectivity index (χ0v) is 13.6. The number of carboxylic acid groups (broad SMARTS) is 1. The minimum atomic E-state index is -1.08. The maximum absolute atomic E-state index is 11.6. The molecule has 2 unspecified atom stereocenters. The van der Waals surface area contributed by atoms with Crippen LogP contribution in [0.4, 0.5) is 0 Å². The highest BCUT2D eigenvalue weighted by Crippen LogP contribution is 2.41. The largest absolute Gasteiger partial charge is 0.481 e. The van der Waals surface area contributed by atoms with Gasteiger partial charge in [-0.1, -0.05) is 35.5 Å². The van der Waals surface area contributed by atoms with Gasteiger partial charge in [0.05, 0.1) is 11.5 Å². The number of allylic oxidation sites excluding steroid dienone is 6. The van der Waals surface area contributed by atoms with Crippen LogP contribution < -0.4 is 0 Å². The van der Waals surface area contributed by atoms with E-state index in [1.54, 1.807) is 19.1 Å². The zero-order valence-electron chi connectivity index (χ0n) is 13.6. The molecule has 2 N–H and O–H groups in total. The molecule has 4 nitrogen and oxygen atoms in total. The van der Waals surface area contributed by atoms with Gasteiger partial charge >= 0.3 is 5.97 Å². The van der Waals surface area contributed by atoms with E-state index >= 15 is 0 Å². The third-order valence-electron chi connectivity index (χ3n) is 3.91. The van der Waals surface area contributed by atoms with E-state index in [9.17, 15) is 19.8 Å². The highest BCUT2D eigenvalue weighted by Gasteiger charge is 2.42. The van der Waals surface area contributed by atoms with Crippen molar-refractivity contribution in [2.75, 3.05) is 0 Å². The first-order valence-electron chi connectivity index (χ1n) is 7.32. The van der Waals surface area contributed by atoms with Crippen LogP contribution >= 0.6 is 0 Å². The van der Waals surface area contributed by atoms with Gasteiger partial charge in [0.15, 0.2) is 5.78 Å². The molecule has 1 aliphatic carbocycles. The lowest BCUT2D eigenvalue weighted by atomic mass is 9.70. The molecule has 2 atom stereocenters. The van der Waals surface area contributed by atoms with Crippen LogP contribution in [0, 0.1) is 5.41 Å². The van der Waals surface area contributed by atoms with Crippen molar-refractivity contribution in [3.8, 4) is 0 Å². The lowest BCUT2D eigenvalue weighted by Gasteiger charge is -2.35. The monoisotopic (exact) mass is 304 g/mol. The van der Waals surface area contributed by atoms with Gasteiger partial charge < -0.3 is 10.2 Å². The third-order valence-corrected chi connectivity index (χ3v) is 3.91. The molecule has 0 amide bonds. The molecular formula is C18H24O4. The van der Waals surface area contributed by atoms with Crippen LogP contribution in [-0.4, -0.2) is 28.1 Å². The Hall–Kier alpha value is -1.94. The van der Waals surface area contributed by atoms with Gasteiger partial charge in [0, 0.05) is 0 Å². The predicted octanol–water partition coefficient (Wildman–Crippen LogP) is 3.20. The molecule has 0 saturated heterocycles. The van der Waals surface area contributed by atoms with Crippen LogP contribution in [0.15, 0.2) is 47.1 Å². The molecule has 120 valence electrons. The van der Waals surface area contributed by atoms with E-state index in [4.69, 9.17) is 0 Å². The van der Waals surface area contributed by atoms with Crippen LogP contribution in [0.2, 0.25) is 0 Å². The van der Waals surface area contributed by atoms with Crippen molar-refractivity contribution in [2.24, 2.45) is 5.41 Å². The lowest BCUT2D eigenvalue weighted by Crippen LogP contribution is -2.37. The zero-order chi connectivity index (χ0) is 16.9. The number of aliphatic hydroxyl groups is 1. The van der Waals surface area contributed by atoms with Crippen molar-refractivity contribution in [1.29, 1.82) is 0 Å². The summed E-state index contributed by atoms with van der Waals surface area (Å²) in [4.78, 5) is 22.5. The van der Waals surface area contributed by atoms with Crippen molar-refractivity contribution in [2.45, 2.75) is 46.6 Å². The summed E-state index contributed by atoms with van der Waals surface area (Å²) in [6.45, 7) is 6.87. The Morgan fingerprint density at radius 3 is 2.45 bits per heavy atom. The second-order valence-corrected chi connectivity index (χ2v) is 6.11. The van der Waals surface area contributed by atoms with Crippen LogP contribution in [-0.2, 0) is 9.59 Å². The summed E-state index contributed by atoms with van der Waals surface area (Å²) in [6.07, 6.45) is 8.68. The van der Waals surface area contributed by atoms with Gasteiger partial charge in [0.25, 0.3) is 0 Å². The fourth-order valence-corrected chi connectivity index (χ4v) is 2.72. The molecule has 4 heteroatoms. The minimum Gasteiger partial charge on any atom is -0.481 e.